The molecule has 0 saturated heterocycles. The van der Waals surface area contributed by atoms with Gasteiger partial charge in [0.15, 0.2) is 0 Å². The van der Waals surface area contributed by atoms with E-state index in [9.17, 15) is 14.7 Å². The molecule has 0 radical (unpaired) electrons. The molecule has 6 nitrogen and oxygen atoms in total. The van der Waals surface area contributed by atoms with Crippen LogP contribution in [-0.4, -0.2) is 28.2 Å². The summed E-state index contributed by atoms with van der Waals surface area (Å²) in [6, 6.07) is 17.9. The van der Waals surface area contributed by atoms with Crippen LogP contribution in [-0.2, 0) is 16.0 Å². The van der Waals surface area contributed by atoms with E-state index in [1.807, 2.05) is 24.3 Å². The number of carbonyl (C=O) groups is 2. The van der Waals surface area contributed by atoms with Gasteiger partial charge in [-0.2, -0.15) is 0 Å². The minimum absolute atomic E-state index is 0.0191. The molecule has 0 aliphatic rings. The SMILES string of the molecule is CCOC(=O)Cc1c(C(=O)O)c2cc(Oc3ccc(Cl)c(Cl)c3)ccc2n1-c1ccc(C(C)C)cc1. The topological polar surface area (TPSA) is 77.8 Å². The van der Waals surface area contributed by atoms with Crippen LogP contribution in [0.15, 0.2) is 60.7 Å². The van der Waals surface area contributed by atoms with Crippen molar-refractivity contribution in [3.05, 3.63) is 87.5 Å². The van der Waals surface area contributed by atoms with Crippen molar-refractivity contribution in [1.29, 1.82) is 0 Å². The molecule has 186 valence electrons. The number of rotatable bonds is 8. The number of carboxylic acid groups (broad SMARTS) is 1. The molecule has 8 heteroatoms. The average Bonchev–Trinajstić information content (AvgIpc) is 3.14. The normalized spacial score (nSPS) is 11.2. The Morgan fingerprint density at radius 3 is 2.22 bits per heavy atom. The van der Waals surface area contributed by atoms with Crippen LogP contribution < -0.4 is 4.74 Å². The molecule has 1 N–H and O–H groups in total. The van der Waals surface area contributed by atoms with Crippen molar-refractivity contribution in [1.82, 2.24) is 4.57 Å². The lowest BCUT2D eigenvalue weighted by molar-refractivity contribution is -0.142. The molecule has 0 amide bonds. The second-order valence-corrected chi connectivity index (χ2v) is 9.36. The highest BCUT2D eigenvalue weighted by Crippen LogP contribution is 2.36. The second-order valence-electron chi connectivity index (χ2n) is 8.55. The smallest absolute Gasteiger partial charge is 0.338 e. The molecule has 0 aliphatic carbocycles. The molecule has 0 bridgehead atoms. The number of carboxylic acids is 1. The summed E-state index contributed by atoms with van der Waals surface area (Å²) in [6.07, 6.45) is -0.195. The van der Waals surface area contributed by atoms with Crippen LogP contribution in [0.5, 0.6) is 11.5 Å². The summed E-state index contributed by atoms with van der Waals surface area (Å²) in [5, 5.41) is 11.4. The summed E-state index contributed by atoms with van der Waals surface area (Å²) in [6.45, 7) is 6.11. The zero-order valence-electron chi connectivity index (χ0n) is 20.0. The first-order valence-corrected chi connectivity index (χ1v) is 12.2. The molecule has 1 heterocycles. The Hall–Kier alpha value is -3.48. The molecule has 0 unspecified atom stereocenters. The van der Waals surface area contributed by atoms with E-state index in [2.05, 4.69) is 13.8 Å². The van der Waals surface area contributed by atoms with E-state index in [0.29, 0.717) is 44.1 Å². The number of benzene rings is 3. The molecule has 0 atom stereocenters. The first-order chi connectivity index (χ1) is 17.2. The van der Waals surface area contributed by atoms with Crippen LogP contribution in [0.2, 0.25) is 10.0 Å². The lowest BCUT2D eigenvalue weighted by Gasteiger charge is -2.13. The van der Waals surface area contributed by atoms with Gasteiger partial charge < -0.3 is 19.1 Å². The van der Waals surface area contributed by atoms with E-state index in [1.165, 1.54) is 0 Å². The van der Waals surface area contributed by atoms with Crippen molar-refractivity contribution in [3.63, 3.8) is 0 Å². The number of carbonyl (C=O) groups excluding carboxylic acids is 1. The Balaban J connectivity index is 1.89. The van der Waals surface area contributed by atoms with Gasteiger partial charge in [-0.1, -0.05) is 49.2 Å². The molecule has 3 aromatic carbocycles. The van der Waals surface area contributed by atoms with Gasteiger partial charge in [0.05, 0.1) is 34.2 Å². The predicted molar refractivity (Wildman–Crippen MR) is 141 cm³/mol. The third-order valence-electron chi connectivity index (χ3n) is 5.81. The molecular weight excluding hydrogens is 501 g/mol. The lowest BCUT2D eigenvalue weighted by Crippen LogP contribution is -2.14. The van der Waals surface area contributed by atoms with Gasteiger partial charge in [0.1, 0.15) is 11.5 Å². The zero-order chi connectivity index (χ0) is 26.0. The summed E-state index contributed by atoms with van der Waals surface area (Å²) in [4.78, 5) is 25.0. The van der Waals surface area contributed by atoms with Gasteiger partial charge in [-0.05, 0) is 60.9 Å². The molecule has 36 heavy (non-hydrogen) atoms. The van der Waals surface area contributed by atoms with Crippen molar-refractivity contribution in [2.45, 2.75) is 33.1 Å². The van der Waals surface area contributed by atoms with Crippen molar-refractivity contribution in [2.75, 3.05) is 6.61 Å². The van der Waals surface area contributed by atoms with Crippen molar-refractivity contribution >= 4 is 46.0 Å². The van der Waals surface area contributed by atoms with Gasteiger partial charge in [0.25, 0.3) is 0 Å². The minimum atomic E-state index is -1.15. The molecule has 0 spiro atoms. The number of aromatic carboxylic acids is 1. The number of hydrogen-bond acceptors (Lipinski definition) is 4. The quantitative estimate of drug-likeness (QED) is 0.239. The van der Waals surface area contributed by atoms with Gasteiger partial charge in [-0.3, -0.25) is 4.79 Å². The molecule has 4 aromatic rings. The predicted octanol–water partition coefficient (Wildman–Crippen LogP) is 7.66. The summed E-state index contributed by atoms with van der Waals surface area (Å²) < 4.78 is 12.9. The third kappa shape index (κ3) is 5.20. The number of esters is 1. The van der Waals surface area contributed by atoms with E-state index in [4.69, 9.17) is 32.7 Å². The number of halogens is 2. The highest BCUT2D eigenvalue weighted by molar-refractivity contribution is 6.42. The van der Waals surface area contributed by atoms with Crippen LogP contribution in [0.25, 0.3) is 16.6 Å². The number of fused-ring (bicyclic) bond motifs is 1. The number of hydrogen-bond donors (Lipinski definition) is 1. The van der Waals surface area contributed by atoms with Crippen LogP contribution in [0.3, 0.4) is 0 Å². The maximum absolute atomic E-state index is 12.5. The third-order valence-corrected chi connectivity index (χ3v) is 6.55. The monoisotopic (exact) mass is 525 g/mol. The molecule has 1 aromatic heterocycles. The first-order valence-electron chi connectivity index (χ1n) is 11.5. The average molecular weight is 526 g/mol. The van der Waals surface area contributed by atoms with E-state index in [-0.39, 0.29) is 18.6 Å². The molecule has 0 saturated carbocycles. The van der Waals surface area contributed by atoms with Crippen LogP contribution in [0.1, 0.15) is 48.3 Å². The van der Waals surface area contributed by atoms with Crippen LogP contribution in [0.4, 0.5) is 0 Å². The minimum Gasteiger partial charge on any atom is -0.478 e. The number of aromatic nitrogens is 1. The van der Waals surface area contributed by atoms with Crippen LogP contribution in [0, 0.1) is 0 Å². The van der Waals surface area contributed by atoms with E-state index in [0.717, 1.165) is 11.3 Å². The van der Waals surface area contributed by atoms with Crippen LogP contribution >= 0.6 is 23.2 Å². The van der Waals surface area contributed by atoms with Gasteiger partial charge in [0.2, 0.25) is 0 Å². The fourth-order valence-electron chi connectivity index (χ4n) is 4.12. The van der Waals surface area contributed by atoms with E-state index in [1.54, 1.807) is 47.9 Å². The van der Waals surface area contributed by atoms with Crippen molar-refractivity contribution in [3.8, 4) is 17.2 Å². The largest absolute Gasteiger partial charge is 0.478 e. The Morgan fingerprint density at radius 1 is 0.944 bits per heavy atom. The highest BCUT2D eigenvalue weighted by atomic mass is 35.5. The Bertz CT molecular complexity index is 1440. The van der Waals surface area contributed by atoms with E-state index >= 15 is 0 Å². The van der Waals surface area contributed by atoms with Gasteiger partial charge in [-0.25, -0.2) is 4.79 Å². The number of ether oxygens (including phenoxy) is 2. The second kappa shape index (κ2) is 10.6. The Kier molecular flexibility index (Phi) is 7.57. The molecular formula is C28H25Cl2NO5. The van der Waals surface area contributed by atoms with Gasteiger partial charge in [-0.15, -0.1) is 0 Å². The zero-order valence-corrected chi connectivity index (χ0v) is 21.6. The van der Waals surface area contributed by atoms with Gasteiger partial charge >= 0.3 is 11.9 Å². The highest BCUT2D eigenvalue weighted by Gasteiger charge is 2.26. The van der Waals surface area contributed by atoms with Crippen molar-refractivity contribution < 1.29 is 24.2 Å². The maximum atomic E-state index is 12.5. The Morgan fingerprint density at radius 2 is 1.61 bits per heavy atom. The fourth-order valence-corrected chi connectivity index (χ4v) is 4.41. The van der Waals surface area contributed by atoms with Crippen molar-refractivity contribution in [2.24, 2.45) is 0 Å². The number of nitrogens with zero attached hydrogens (tertiary/aromatic N) is 1. The standard InChI is InChI=1S/C28H25Cl2NO5/c1-4-35-26(32)15-25-27(28(33)34)21-13-19(36-20-9-11-22(29)23(30)14-20)10-12-24(21)31(25)18-7-5-17(6-8-18)16(2)3/h5-14,16H,4,15H2,1-3H3,(H,33,34). The summed E-state index contributed by atoms with van der Waals surface area (Å²) >= 11 is 12.1. The lowest BCUT2D eigenvalue weighted by atomic mass is 10.0. The van der Waals surface area contributed by atoms with E-state index < -0.39 is 11.9 Å². The fraction of sp³-hybridized carbons (Fsp3) is 0.214. The molecule has 0 aliphatic heterocycles. The Labute approximate surface area is 219 Å². The summed E-state index contributed by atoms with van der Waals surface area (Å²) in [7, 11) is 0. The maximum Gasteiger partial charge on any atom is 0.338 e. The summed E-state index contributed by atoms with van der Waals surface area (Å²) in [5.74, 6) is -0.441. The first kappa shape index (κ1) is 25.6. The molecule has 0 fully saturated rings. The molecule has 4 rings (SSSR count). The summed E-state index contributed by atoms with van der Waals surface area (Å²) in [5.41, 5.74) is 2.88. The van der Waals surface area contributed by atoms with Gasteiger partial charge in [0, 0.05) is 22.8 Å².